The summed E-state index contributed by atoms with van der Waals surface area (Å²) in [6, 6.07) is 0.208. The molecule has 7 nitrogen and oxygen atoms in total. The van der Waals surface area contributed by atoms with Gasteiger partial charge in [0.15, 0.2) is 0 Å². The number of ether oxygens (including phenoxy) is 1. The van der Waals surface area contributed by atoms with Crippen LogP contribution in [0.5, 0.6) is 11.9 Å². The second kappa shape index (κ2) is 4.19. The Labute approximate surface area is 96.3 Å². The molecule has 2 heterocycles. The van der Waals surface area contributed by atoms with Crippen LogP contribution in [-0.4, -0.2) is 29.7 Å². The van der Waals surface area contributed by atoms with Crippen molar-refractivity contribution in [2.45, 2.75) is 0 Å². The lowest BCUT2D eigenvalue weighted by Gasteiger charge is -2.00. The fraction of sp³-hybridized carbons (Fsp3) is 0.125. The maximum atomic E-state index is 5.38. The zero-order valence-corrected chi connectivity index (χ0v) is 9.18. The quantitative estimate of drug-likeness (QED) is 0.751. The van der Waals surface area contributed by atoms with Gasteiger partial charge in [-0.1, -0.05) is 12.2 Å². The Balaban J connectivity index is 2.14. The highest BCUT2D eigenvalue weighted by Gasteiger charge is 2.04. The van der Waals surface area contributed by atoms with E-state index in [9.17, 15) is 0 Å². The average molecular weight is 236 g/mol. The molecule has 82 valence electrons. The molecular weight excluding hydrogens is 228 g/mol. The van der Waals surface area contributed by atoms with E-state index in [1.807, 2.05) is 0 Å². The van der Waals surface area contributed by atoms with E-state index in [1.165, 1.54) is 23.4 Å². The van der Waals surface area contributed by atoms with Crippen LogP contribution in [0.1, 0.15) is 5.69 Å². The molecule has 0 spiro atoms. The van der Waals surface area contributed by atoms with E-state index in [-0.39, 0.29) is 16.9 Å². The maximum absolute atomic E-state index is 5.38. The first kappa shape index (κ1) is 10.4. The molecule has 16 heavy (non-hydrogen) atoms. The highest BCUT2D eigenvalue weighted by molar-refractivity contribution is 7.80. The van der Waals surface area contributed by atoms with Crippen molar-refractivity contribution in [1.82, 2.24) is 24.7 Å². The van der Waals surface area contributed by atoms with Gasteiger partial charge in [-0.15, -0.1) is 5.10 Å². The molecule has 0 amide bonds. The molecule has 0 bridgehead atoms. The van der Waals surface area contributed by atoms with Crippen molar-refractivity contribution in [3.8, 4) is 11.9 Å². The topological polar surface area (TPSA) is 91.7 Å². The average Bonchev–Trinajstić information content (AvgIpc) is 2.65. The molecule has 0 aromatic carbocycles. The maximum Gasteiger partial charge on any atom is 0.342 e. The number of hydrogen-bond donors (Lipinski definition) is 1. The lowest BCUT2D eigenvalue weighted by Crippen LogP contribution is -2.11. The van der Waals surface area contributed by atoms with Gasteiger partial charge in [-0.25, -0.2) is 9.97 Å². The van der Waals surface area contributed by atoms with Gasteiger partial charge in [-0.3, -0.25) is 4.68 Å². The summed E-state index contributed by atoms with van der Waals surface area (Å²) in [6.07, 6.45) is 4.36. The zero-order valence-electron chi connectivity index (χ0n) is 8.36. The molecule has 0 saturated heterocycles. The normalized spacial score (nSPS) is 10.1. The highest BCUT2D eigenvalue weighted by atomic mass is 32.1. The third kappa shape index (κ3) is 2.28. The SMILES string of the molecule is Cn1cnc(Oc2cnc(C(N)=S)cn2)n1. The van der Waals surface area contributed by atoms with Crippen LogP contribution in [0.3, 0.4) is 0 Å². The van der Waals surface area contributed by atoms with Crippen molar-refractivity contribution < 1.29 is 4.74 Å². The molecule has 0 saturated carbocycles. The summed E-state index contributed by atoms with van der Waals surface area (Å²) in [5, 5.41) is 3.93. The Hall–Kier alpha value is -2.09. The molecule has 0 radical (unpaired) electrons. The first-order valence-corrected chi connectivity index (χ1v) is 4.71. The number of nitrogens with two attached hydrogens (primary N) is 1. The van der Waals surface area contributed by atoms with Crippen molar-refractivity contribution in [3.63, 3.8) is 0 Å². The molecule has 2 N–H and O–H groups in total. The van der Waals surface area contributed by atoms with E-state index in [1.54, 1.807) is 7.05 Å². The Morgan fingerprint density at radius 2 is 2.19 bits per heavy atom. The number of nitrogens with zero attached hydrogens (tertiary/aromatic N) is 5. The molecule has 0 unspecified atom stereocenters. The number of aromatic nitrogens is 5. The standard InChI is InChI=1S/C8H8N6OS/c1-14-4-12-8(13-14)15-6-3-10-5(2-11-6)7(9)16/h2-4H,1H3,(H2,9,16). The Bertz CT molecular complexity index is 508. The van der Waals surface area contributed by atoms with Crippen LogP contribution >= 0.6 is 12.2 Å². The molecule has 0 fully saturated rings. The summed E-state index contributed by atoms with van der Waals surface area (Å²) in [7, 11) is 1.74. The van der Waals surface area contributed by atoms with Gasteiger partial charge in [-0.2, -0.15) is 4.98 Å². The fourth-order valence-electron chi connectivity index (χ4n) is 0.956. The van der Waals surface area contributed by atoms with Crippen molar-refractivity contribution in [2.75, 3.05) is 0 Å². The zero-order chi connectivity index (χ0) is 11.5. The summed E-state index contributed by atoms with van der Waals surface area (Å²) < 4.78 is 6.75. The molecule has 0 aliphatic heterocycles. The number of hydrogen-bond acceptors (Lipinski definition) is 6. The van der Waals surface area contributed by atoms with Crippen LogP contribution in [0, 0.1) is 0 Å². The number of thiocarbonyl (C=S) groups is 1. The Morgan fingerprint density at radius 1 is 1.38 bits per heavy atom. The summed E-state index contributed by atoms with van der Waals surface area (Å²) in [5.41, 5.74) is 5.82. The lowest BCUT2D eigenvalue weighted by atomic mass is 10.4. The summed E-state index contributed by atoms with van der Waals surface area (Å²) in [5.74, 6) is 0.284. The van der Waals surface area contributed by atoms with Crippen LogP contribution in [-0.2, 0) is 7.05 Å². The largest absolute Gasteiger partial charge is 0.402 e. The summed E-state index contributed by atoms with van der Waals surface area (Å²) in [6.45, 7) is 0. The van der Waals surface area contributed by atoms with Gasteiger partial charge < -0.3 is 10.5 Å². The predicted octanol–water partition coefficient (Wildman–Crippen LogP) is 0.0316. The highest BCUT2D eigenvalue weighted by Crippen LogP contribution is 2.12. The van der Waals surface area contributed by atoms with Gasteiger partial charge in [0.1, 0.15) is 17.0 Å². The van der Waals surface area contributed by atoms with Gasteiger partial charge >= 0.3 is 6.01 Å². The minimum atomic E-state index is 0.190. The molecule has 0 aliphatic carbocycles. The van der Waals surface area contributed by atoms with Crippen molar-refractivity contribution in [2.24, 2.45) is 12.8 Å². The predicted molar refractivity (Wildman–Crippen MR) is 59.0 cm³/mol. The van der Waals surface area contributed by atoms with Crippen LogP contribution in [0.4, 0.5) is 0 Å². The molecule has 2 rings (SSSR count). The first-order valence-electron chi connectivity index (χ1n) is 4.30. The summed E-state index contributed by atoms with van der Waals surface area (Å²) in [4.78, 5) is 12.0. The molecule has 2 aromatic rings. The van der Waals surface area contributed by atoms with Crippen LogP contribution < -0.4 is 10.5 Å². The van der Waals surface area contributed by atoms with Gasteiger partial charge in [0.05, 0.1) is 12.4 Å². The van der Waals surface area contributed by atoms with E-state index >= 15 is 0 Å². The van der Waals surface area contributed by atoms with Gasteiger partial charge in [-0.05, 0) is 0 Å². The van der Waals surface area contributed by atoms with E-state index in [0.717, 1.165) is 0 Å². The minimum Gasteiger partial charge on any atom is -0.402 e. The van der Waals surface area contributed by atoms with Gasteiger partial charge in [0.2, 0.25) is 5.88 Å². The van der Waals surface area contributed by atoms with E-state index in [0.29, 0.717) is 5.69 Å². The van der Waals surface area contributed by atoms with Crippen LogP contribution in [0.2, 0.25) is 0 Å². The van der Waals surface area contributed by atoms with Crippen LogP contribution in [0.25, 0.3) is 0 Å². The van der Waals surface area contributed by atoms with Gasteiger partial charge in [0.25, 0.3) is 0 Å². The number of rotatable bonds is 3. The van der Waals surface area contributed by atoms with Crippen molar-refractivity contribution in [3.05, 3.63) is 24.4 Å². The minimum absolute atomic E-state index is 0.190. The third-order valence-electron chi connectivity index (χ3n) is 1.66. The Kier molecular flexibility index (Phi) is 2.73. The van der Waals surface area contributed by atoms with Crippen molar-refractivity contribution in [1.29, 1.82) is 0 Å². The second-order valence-electron chi connectivity index (χ2n) is 2.91. The second-order valence-corrected chi connectivity index (χ2v) is 3.35. The van der Waals surface area contributed by atoms with E-state index in [2.05, 4.69) is 20.1 Å². The molecule has 2 aromatic heterocycles. The van der Waals surface area contributed by atoms with Crippen LogP contribution in [0.15, 0.2) is 18.7 Å². The molecule has 0 aliphatic rings. The molecule has 0 atom stereocenters. The molecule has 8 heteroatoms. The van der Waals surface area contributed by atoms with E-state index in [4.69, 9.17) is 22.7 Å². The molecular formula is C8H8N6OS. The van der Waals surface area contributed by atoms with Crippen molar-refractivity contribution >= 4 is 17.2 Å². The fourth-order valence-corrected chi connectivity index (χ4v) is 1.06. The Morgan fingerprint density at radius 3 is 2.69 bits per heavy atom. The van der Waals surface area contributed by atoms with Gasteiger partial charge in [0, 0.05) is 7.05 Å². The first-order chi connectivity index (χ1) is 7.65. The smallest absolute Gasteiger partial charge is 0.342 e. The lowest BCUT2D eigenvalue weighted by molar-refractivity contribution is 0.420. The summed E-state index contributed by atoms with van der Waals surface area (Å²) >= 11 is 4.74. The van der Waals surface area contributed by atoms with E-state index < -0.39 is 0 Å². The number of aryl methyl sites for hydroxylation is 1. The monoisotopic (exact) mass is 236 g/mol. The third-order valence-corrected chi connectivity index (χ3v) is 1.86.